The molecular formula is C27H32F2N2O. The van der Waals surface area contributed by atoms with Gasteiger partial charge in [0.25, 0.3) is 0 Å². The van der Waals surface area contributed by atoms with Crippen molar-refractivity contribution in [2.24, 2.45) is 0 Å². The van der Waals surface area contributed by atoms with Gasteiger partial charge in [-0.3, -0.25) is 4.79 Å². The van der Waals surface area contributed by atoms with Crippen molar-refractivity contribution in [1.29, 1.82) is 0 Å². The highest BCUT2D eigenvalue weighted by atomic mass is 19.1. The zero-order chi connectivity index (χ0) is 22.5. The summed E-state index contributed by atoms with van der Waals surface area (Å²) in [4.78, 5) is 14.9. The summed E-state index contributed by atoms with van der Waals surface area (Å²) in [6, 6.07) is 12.7. The van der Waals surface area contributed by atoms with E-state index < -0.39 is 11.6 Å². The summed E-state index contributed by atoms with van der Waals surface area (Å²) in [5, 5.41) is 3.02. The number of likely N-dealkylation sites (tertiary alicyclic amines) is 1. The molecule has 1 amide bonds. The summed E-state index contributed by atoms with van der Waals surface area (Å²) in [6.45, 7) is 4.49. The van der Waals surface area contributed by atoms with Gasteiger partial charge >= 0.3 is 0 Å². The normalized spacial score (nSPS) is 22.8. The van der Waals surface area contributed by atoms with Gasteiger partial charge in [-0.25, -0.2) is 8.78 Å². The van der Waals surface area contributed by atoms with Gasteiger partial charge in [0, 0.05) is 23.7 Å². The number of aryl methyl sites for hydroxylation is 1. The van der Waals surface area contributed by atoms with Gasteiger partial charge in [0.15, 0.2) is 0 Å². The molecule has 1 aliphatic heterocycles. The minimum atomic E-state index is -0.540. The fourth-order valence-electron chi connectivity index (χ4n) is 5.26. The Morgan fingerprint density at radius 2 is 1.72 bits per heavy atom. The molecule has 1 heterocycles. The fourth-order valence-corrected chi connectivity index (χ4v) is 5.26. The lowest BCUT2D eigenvalue weighted by Crippen LogP contribution is -2.46. The van der Waals surface area contributed by atoms with Gasteiger partial charge in [-0.2, -0.15) is 0 Å². The first kappa shape index (κ1) is 22.7. The highest BCUT2D eigenvalue weighted by Crippen LogP contribution is 2.33. The van der Waals surface area contributed by atoms with Crippen molar-refractivity contribution < 1.29 is 13.6 Å². The standard InChI is InChI=1S/C27H32F2N2O/c1-19-4-2-3-5-25(19)20-14-16-31(17-15-20)24-10-8-23(9-11-24)30-27(32)13-6-21-18-22(28)7-12-26(21)29/h2-7,12-13,18,20,23-24H,8-11,14-17H2,1H3,(H,30,32)/b13-6+. The molecule has 0 aromatic heterocycles. The molecule has 0 unspecified atom stereocenters. The smallest absolute Gasteiger partial charge is 0.244 e. The lowest BCUT2D eigenvalue weighted by molar-refractivity contribution is -0.117. The topological polar surface area (TPSA) is 32.3 Å². The Hall–Kier alpha value is -2.53. The average molecular weight is 439 g/mol. The number of rotatable bonds is 5. The molecule has 5 heteroatoms. The maximum Gasteiger partial charge on any atom is 0.244 e. The number of piperidine rings is 1. The second-order valence-corrected chi connectivity index (χ2v) is 9.18. The van der Waals surface area contributed by atoms with E-state index in [2.05, 4.69) is 41.4 Å². The lowest BCUT2D eigenvalue weighted by Gasteiger charge is -2.41. The van der Waals surface area contributed by atoms with E-state index in [4.69, 9.17) is 0 Å². The van der Waals surface area contributed by atoms with Crippen LogP contribution in [0.4, 0.5) is 8.78 Å². The molecule has 4 rings (SSSR count). The summed E-state index contributed by atoms with van der Waals surface area (Å²) < 4.78 is 26.9. The summed E-state index contributed by atoms with van der Waals surface area (Å²) >= 11 is 0. The number of nitrogens with zero attached hydrogens (tertiary/aromatic N) is 1. The van der Waals surface area contributed by atoms with Gasteiger partial charge in [0.05, 0.1) is 0 Å². The maximum atomic E-state index is 13.7. The van der Waals surface area contributed by atoms with Crippen LogP contribution in [0, 0.1) is 18.6 Å². The largest absolute Gasteiger partial charge is 0.350 e. The number of amides is 1. The number of nitrogens with one attached hydrogen (secondary N) is 1. The van der Waals surface area contributed by atoms with Crippen LogP contribution in [-0.4, -0.2) is 36.0 Å². The first-order valence-electron chi connectivity index (χ1n) is 11.7. The Bertz CT molecular complexity index is 958. The molecule has 0 spiro atoms. The molecule has 3 nitrogen and oxygen atoms in total. The second kappa shape index (κ2) is 10.4. The van der Waals surface area contributed by atoms with Crippen LogP contribution < -0.4 is 5.32 Å². The van der Waals surface area contributed by atoms with E-state index in [1.54, 1.807) is 0 Å². The number of carbonyl (C=O) groups excluding carboxylic acids is 1. The van der Waals surface area contributed by atoms with E-state index in [0.717, 1.165) is 57.0 Å². The van der Waals surface area contributed by atoms with Crippen LogP contribution in [0.3, 0.4) is 0 Å². The van der Waals surface area contributed by atoms with Gasteiger partial charge in [-0.1, -0.05) is 24.3 Å². The van der Waals surface area contributed by atoms with Crippen molar-refractivity contribution >= 4 is 12.0 Å². The summed E-state index contributed by atoms with van der Waals surface area (Å²) in [5.74, 6) is -0.649. The Morgan fingerprint density at radius 1 is 1.00 bits per heavy atom. The van der Waals surface area contributed by atoms with Crippen LogP contribution in [-0.2, 0) is 4.79 Å². The minimum absolute atomic E-state index is 0.0814. The zero-order valence-corrected chi connectivity index (χ0v) is 18.7. The van der Waals surface area contributed by atoms with Gasteiger partial charge in [0.1, 0.15) is 11.6 Å². The Kier molecular flexibility index (Phi) is 7.36. The molecule has 1 N–H and O–H groups in total. The molecule has 0 atom stereocenters. The van der Waals surface area contributed by atoms with Crippen LogP contribution in [0.25, 0.3) is 6.08 Å². The van der Waals surface area contributed by atoms with E-state index in [1.165, 1.54) is 36.1 Å². The second-order valence-electron chi connectivity index (χ2n) is 9.18. The van der Waals surface area contributed by atoms with Crippen molar-refractivity contribution in [3.63, 3.8) is 0 Å². The molecule has 2 aromatic carbocycles. The summed E-state index contributed by atoms with van der Waals surface area (Å²) in [6.07, 6.45) is 9.13. The number of hydrogen-bond donors (Lipinski definition) is 1. The number of benzene rings is 2. The molecule has 0 bridgehead atoms. The third-order valence-electron chi connectivity index (χ3n) is 7.09. The van der Waals surface area contributed by atoms with Crippen LogP contribution in [0.15, 0.2) is 48.5 Å². The number of carbonyl (C=O) groups is 1. The van der Waals surface area contributed by atoms with Gasteiger partial charge in [-0.05, 0) is 99.9 Å². The van der Waals surface area contributed by atoms with Gasteiger partial charge in [0.2, 0.25) is 5.91 Å². The van der Waals surface area contributed by atoms with Crippen molar-refractivity contribution in [2.75, 3.05) is 13.1 Å². The van der Waals surface area contributed by atoms with Crippen molar-refractivity contribution in [3.05, 3.63) is 76.9 Å². The van der Waals surface area contributed by atoms with E-state index in [-0.39, 0.29) is 17.5 Å². The average Bonchev–Trinajstić information content (AvgIpc) is 2.81. The van der Waals surface area contributed by atoms with Crippen LogP contribution in [0.2, 0.25) is 0 Å². The van der Waals surface area contributed by atoms with E-state index in [0.29, 0.717) is 12.0 Å². The number of hydrogen-bond acceptors (Lipinski definition) is 2. The molecule has 1 aliphatic carbocycles. The van der Waals surface area contributed by atoms with E-state index in [1.807, 2.05) is 0 Å². The third-order valence-corrected chi connectivity index (χ3v) is 7.09. The quantitative estimate of drug-likeness (QED) is 0.617. The van der Waals surface area contributed by atoms with Crippen LogP contribution in [0.5, 0.6) is 0 Å². The van der Waals surface area contributed by atoms with Crippen molar-refractivity contribution in [1.82, 2.24) is 10.2 Å². The summed E-state index contributed by atoms with van der Waals surface area (Å²) in [7, 11) is 0. The molecule has 1 saturated carbocycles. The Labute approximate surface area is 189 Å². The van der Waals surface area contributed by atoms with Gasteiger partial charge < -0.3 is 10.2 Å². The number of halogens is 2. The lowest BCUT2D eigenvalue weighted by atomic mass is 9.84. The van der Waals surface area contributed by atoms with E-state index >= 15 is 0 Å². The van der Waals surface area contributed by atoms with E-state index in [9.17, 15) is 13.6 Å². The highest BCUT2D eigenvalue weighted by Gasteiger charge is 2.30. The minimum Gasteiger partial charge on any atom is -0.350 e. The van der Waals surface area contributed by atoms with Crippen molar-refractivity contribution in [3.8, 4) is 0 Å². The maximum absolute atomic E-state index is 13.7. The van der Waals surface area contributed by atoms with Gasteiger partial charge in [-0.15, -0.1) is 0 Å². The third kappa shape index (κ3) is 5.63. The first-order valence-corrected chi connectivity index (χ1v) is 11.7. The molecule has 1 saturated heterocycles. The molecule has 2 aromatic rings. The molecule has 2 fully saturated rings. The van der Waals surface area contributed by atoms with Crippen LogP contribution >= 0.6 is 0 Å². The summed E-state index contributed by atoms with van der Waals surface area (Å²) in [5.41, 5.74) is 2.99. The molecule has 0 radical (unpaired) electrons. The Balaban J connectivity index is 1.22. The molecular weight excluding hydrogens is 406 g/mol. The van der Waals surface area contributed by atoms with Crippen LogP contribution in [0.1, 0.15) is 61.1 Å². The predicted octanol–water partition coefficient (Wildman–Crippen LogP) is 5.59. The zero-order valence-electron chi connectivity index (χ0n) is 18.7. The molecule has 2 aliphatic rings. The molecule has 170 valence electrons. The molecule has 32 heavy (non-hydrogen) atoms. The van der Waals surface area contributed by atoms with Crippen molar-refractivity contribution in [2.45, 2.75) is 63.5 Å². The first-order chi connectivity index (χ1) is 15.5. The predicted molar refractivity (Wildman–Crippen MR) is 124 cm³/mol. The fraction of sp³-hybridized carbons (Fsp3) is 0.444. The monoisotopic (exact) mass is 438 g/mol. The highest BCUT2D eigenvalue weighted by molar-refractivity contribution is 5.91. The Morgan fingerprint density at radius 3 is 2.44 bits per heavy atom. The SMILES string of the molecule is Cc1ccccc1C1CCN(C2CCC(NC(=O)/C=C/c3cc(F)ccc3F)CC2)CC1.